The topological polar surface area (TPSA) is 109 Å². The van der Waals surface area contributed by atoms with Gasteiger partial charge in [-0.25, -0.2) is 8.78 Å². The van der Waals surface area contributed by atoms with E-state index in [4.69, 9.17) is 25.8 Å². The molecule has 3 atom stereocenters. The predicted octanol–water partition coefficient (Wildman–Crippen LogP) is 1.56. The van der Waals surface area contributed by atoms with Crippen LogP contribution in [0.3, 0.4) is 0 Å². The highest BCUT2D eigenvalue weighted by Crippen LogP contribution is 2.55. The van der Waals surface area contributed by atoms with Crippen molar-refractivity contribution in [2.45, 2.75) is 42.7 Å². The molecule has 31 heavy (non-hydrogen) atoms. The third kappa shape index (κ3) is 3.80. The van der Waals surface area contributed by atoms with Crippen LogP contribution < -0.4 is 4.74 Å². The van der Waals surface area contributed by atoms with Crippen LogP contribution in [-0.4, -0.2) is 64.2 Å². The van der Waals surface area contributed by atoms with Gasteiger partial charge in [-0.1, -0.05) is 29.8 Å². The van der Waals surface area contributed by atoms with Crippen molar-refractivity contribution < 1.29 is 43.4 Å². The molecule has 0 spiro atoms. The van der Waals surface area contributed by atoms with Crippen molar-refractivity contribution in [1.29, 1.82) is 0 Å². The van der Waals surface area contributed by atoms with Gasteiger partial charge < -0.3 is 34.6 Å². The van der Waals surface area contributed by atoms with Crippen molar-refractivity contribution in [2.24, 2.45) is 0 Å². The molecule has 3 heterocycles. The lowest BCUT2D eigenvalue weighted by molar-refractivity contribution is -0.591. The monoisotopic (exact) mass is 458 g/mol. The second-order valence-electron chi connectivity index (χ2n) is 7.55. The van der Waals surface area contributed by atoms with Crippen LogP contribution in [-0.2, 0) is 21.7 Å². The Bertz CT molecular complexity index is 934. The molecule has 2 bridgehead atoms. The summed E-state index contributed by atoms with van der Waals surface area (Å²) in [5, 5.41) is 40.7. The standard InChI is InChI=1S/C21H21ClF2O7/c22-15-6-3-13(21-19(28)17(26)18(27)20(10-25,30-21)31-21)8-12(15)7-11-1-4-14(5-2-11)29-9-16(23)24/h1-6,8,16-19,25-28H,7,9-10H2/t17-,18-,19+,20?,21?/m0/s1. The average molecular weight is 459 g/mol. The first kappa shape index (κ1) is 22.3. The van der Waals surface area contributed by atoms with E-state index in [1.807, 2.05) is 0 Å². The summed E-state index contributed by atoms with van der Waals surface area (Å²) in [4.78, 5) is 0. The van der Waals surface area contributed by atoms with Crippen LogP contribution in [0.15, 0.2) is 42.5 Å². The van der Waals surface area contributed by atoms with Crippen molar-refractivity contribution in [3.05, 3.63) is 64.2 Å². The molecule has 3 saturated heterocycles. The first-order valence-corrected chi connectivity index (χ1v) is 9.93. The van der Waals surface area contributed by atoms with Crippen molar-refractivity contribution in [2.75, 3.05) is 13.2 Å². The van der Waals surface area contributed by atoms with Gasteiger partial charge in [0.25, 0.3) is 6.43 Å². The minimum atomic E-state index is -2.56. The van der Waals surface area contributed by atoms with Gasteiger partial charge in [-0.2, -0.15) is 0 Å². The van der Waals surface area contributed by atoms with Gasteiger partial charge in [0.1, 0.15) is 37.3 Å². The van der Waals surface area contributed by atoms with E-state index in [-0.39, 0.29) is 0 Å². The summed E-state index contributed by atoms with van der Waals surface area (Å²) < 4.78 is 40.7. The quantitative estimate of drug-likeness (QED) is 0.498. The summed E-state index contributed by atoms with van der Waals surface area (Å²) in [6.45, 7) is -1.40. The Hall–Kier alpha value is -1.85. The Kier molecular flexibility index (Phi) is 5.95. The molecule has 0 radical (unpaired) electrons. The van der Waals surface area contributed by atoms with E-state index in [1.165, 1.54) is 0 Å². The molecule has 0 aliphatic carbocycles. The molecule has 3 aliphatic rings. The van der Waals surface area contributed by atoms with Gasteiger partial charge in [0.05, 0.1) is 0 Å². The molecule has 0 amide bonds. The van der Waals surface area contributed by atoms with Crippen LogP contribution in [0.2, 0.25) is 5.02 Å². The zero-order chi connectivity index (χ0) is 22.4. The molecule has 0 aromatic heterocycles. The largest absolute Gasteiger partial charge is 0.488 e. The van der Waals surface area contributed by atoms with E-state index >= 15 is 0 Å². The van der Waals surface area contributed by atoms with Gasteiger partial charge in [0.15, 0.2) is 0 Å². The van der Waals surface area contributed by atoms with Crippen molar-refractivity contribution in [3.63, 3.8) is 0 Å². The fourth-order valence-electron chi connectivity index (χ4n) is 3.88. The number of halogens is 3. The van der Waals surface area contributed by atoms with Gasteiger partial charge >= 0.3 is 0 Å². The number of aliphatic hydroxyl groups excluding tert-OH is 4. The maximum atomic E-state index is 12.3. The Morgan fingerprint density at radius 3 is 2.32 bits per heavy atom. The number of fused-ring (bicyclic) bond motifs is 2. The van der Waals surface area contributed by atoms with Gasteiger partial charge in [0.2, 0.25) is 11.6 Å². The second-order valence-corrected chi connectivity index (χ2v) is 7.96. The lowest BCUT2D eigenvalue weighted by Crippen LogP contribution is -2.81. The minimum absolute atomic E-state index is 0.317. The zero-order valence-corrected chi connectivity index (χ0v) is 16.9. The Labute approximate surface area is 181 Å². The first-order valence-electron chi connectivity index (χ1n) is 9.55. The van der Waals surface area contributed by atoms with E-state index < -0.39 is 49.5 Å². The molecular weight excluding hydrogens is 438 g/mol. The number of hydrogen-bond donors (Lipinski definition) is 4. The Morgan fingerprint density at radius 2 is 1.71 bits per heavy atom. The highest BCUT2D eigenvalue weighted by Gasteiger charge is 2.73. The summed E-state index contributed by atoms with van der Waals surface area (Å²) in [5.41, 5.74) is 1.82. The predicted molar refractivity (Wildman–Crippen MR) is 104 cm³/mol. The molecule has 10 heteroatoms. The van der Waals surface area contributed by atoms with Crippen LogP contribution in [0.1, 0.15) is 16.7 Å². The number of rotatable bonds is 7. The number of aliphatic hydroxyl groups is 4. The van der Waals surface area contributed by atoms with Crippen LogP contribution in [0.25, 0.3) is 0 Å². The highest BCUT2D eigenvalue weighted by atomic mass is 35.5. The number of ether oxygens (including phenoxy) is 3. The lowest BCUT2D eigenvalue weighted by Gasteiger charge is -2.63. The molecule has 3 aliphatic heterocycles. The molecule has 2 aromatic rings. The summed E-state index contributed by atoms with van der Waals surface area (Å²) in [6.07, 6.45) is -7.00. The number of benzene rings is 2. The SMILES string of the molecule is OCC12OC(c3ccc(Cl)c(Cc4ccc(OCC(F)F)cc4)c3)(O1)[C@H](O)[C@@H](O)[C@@H]2O. The minimum Gasteiger partial charge on any atom is -0.488 e. The van der Waals surface area contributed by atoms with E-state index in [2.05, 4.69) is 0 Å². The van der Waals surface area contributed by atoms with E-state index in [9.17, 15) is 29.2 Å². The molecule has 4 N–H and O–H groups in total. The summed E-state index contributed by atoms with van der Waals surface area (Å²) in [7, 11) is 0. The maximum absolute atomic E-state index is 12.3. The molecule has 0 saturated carbocycles. The Balaban J connectivity index is 1.56. The van der Waals surface area contributed by atoms with Crippen molar-refractivity contribution in [1.82, 2.24) is 0 Å². The smallest absolute Gasteiger partial charge is 0.272 e. The average Bonchev–Trinajstić information content (AvgIpc) is 2.73. The molecule has 2 aromatic carbocycles. The van der Waals surface area contributed by atoms with Gasteiger partial charge in [-0.3, -0.25) is 0 Å². The molecule has 5 rings (SSSR count). The summed E-state index contributed by atoms with van der Waals surface area (Å²) in [5.74, 6) is -3.25. The fourth-order valence-corrected chi connectivity index (χ4v) is 4.06. The van der Waals surface area contributed by atoms with Gasteiger partial charge in [-0.05, 0) is 41.8 Å². The fraction of sp³-hybridized carbons (Fsp3) is 0.429. The van der Waals surface area contributed by atoms with Crippen LogP contribution in [0, 0.1) is 0 Å². The third-order valence-electron chi connectivity index (χ3n) is 5.50. The zero-order valence-electron chi connectivity index (χ0n) is 16.1. The van der Waals surface area contributed by atoms with E-state index in [1.54, 1.807) is 42.5 Å². The Morgan fingerprint density at radius 1 is 1.03 bits per heavy atom. The highest BCUT2D eigenvalue weighted by molar-refractivity contribution is 6.31. The van der Waals surface area contributed by atoms with Gasteiger partial charge in [-0.15, -0.1) is 0 Å². The van der Waals surface area contributed by atoms with Crippen LogP contribution in [0.5, 0.6) is 5.75 Å². The normalized spacial score (nSPS) is 32.1. The lowest BCUT2D eigenvalue weighted by atomic mass is 9.81. The molecular formula is C21H21ClF2O7. The second kappa shape index (κ2) is 8.25. The van der Waals surface area contributed by atoms with Crippen molar-refractivity contribution in [3.8, 4) is 5.75 Å². The maximum Gasteiger partial charge on any atom is 0.272 e. The summed E-state index contributed by atoms with van der Waals surface area (Å²) in [6, 6.07) is 11.3. The van der Waals surface area contributed by atoms with E-state index in [0.717, 1.165) is 5.56 Å². The molecule has 168 valence electrons. The molecule has 0 unspecified atom stereocenters. The summed E-state index contributed by atoms with van der Waals surface area (Å²) >= 11 is 6.32. The van der Waals surface area contributed by atoms with Crippen LogP contribution >= 0.6 is 11.6 Å². The molecule has 3 fully saturated rings. The van der Waals surface area contributed by atoms with Crippen molar-refractivity contribution >= 4 is 11.6 Å². The number of hydrogen-bond acceptors (Lipinski definition) is 7. The third-order valence-corrected chi connectivity index (χ3v) is 5.87. The van der Waals surface area contributed by atoms with Crippen LogP contribution in [0.4, 0.5) is 8.78 Å². The van der Waals surface area contributed by atoms with E-state index in [0.29, 0.717) is 28.3 Å². The first-order chi connectivity index (χ1) is 14.7. The number of alkyl halides is 2. The van der Waals surface area contributed by atoms with Gasteiger partial charge in [0, 0.05) is 10.6 Å². The molecule has 7 nitrogen and oxygen atoms in total.